The highest BCUT2D eigenvalue weighted by Gasteiger charge is 2.18. The first-order valence-corrected chi connectivity index (χ1v) is 9.82. The maximum absolute atomic E-state index is 13.5. The van der Waals surface area contributed by atoms with Crippen LogP contribution in [0.1, 0.15) is 5.56 Å². The average molecular weight is 414 g/mol. The van der Waals surface area contributed by atoms with Crippen LogP contribution in [0.4, 0.5) is 8.78 Å². The molecule has 7 heteroatoms. The number of hydrogen-bond donors (Lipinski definition) is 0. The number of rotatable bonds is 5. The first kappa shape index (κ1) is 18.7. The van der Waals surface area contributed by atoms with Crippen molar-refractivity contribution in [3.05, 3.63) is 95.0 Å². The lowest BCUT2D eigenvalue weighted by atomic mass is 10.2. The summed E-state index contributed by atoms with van der Waals surface area (Å²) in [7, 11) is 0. The summed E-state index contributed by atoms with van der Waals surface area (Å²) >= 11 is 7.76. The Balaban J connectivity index is 1.73. The van der Waals surface area contributed by atoms with Crippen molar-refractivity contribution in [1.29, 1.82) is 0 Å². The predicted octanol–water partition coefficient (Wildman–Crippen LogP) is 6.16. The molecule has 0 aliphatic heterocycles. The highest BCUT2D eigenvalue weighted by atomic mass is 35.5. The summed E-state index contributed by atoms with van der Waals surface area (Å²) in [5.74, 6) is -0.684. The lowest BCUT2D eigenvalue weighted by Gasteiger charge is -2.11. The fraction of sp³-hybridized carbons (Fsp3) is 0.0476. The molecule has 0 fully saturated rings. The molecule has 0 saturated carbocycles. The highest BCUT2D eigenvalue weighted by Crippen LogP contribution is 2.33. The van der Waals surface area contributed by atoms with Gasteiger partial charge in [0.15, 0.2) is 22.6 Å². The second-order valence-corrected chi connectivity index (χ2v) is 7.34. The van der Waals surface area contributed by atoms with Crippen LogP contribution in [0.25, 0.3) is 17.1 Å². The number of benzene rings is 3. The Morgan fingerprint density at radius 3 is 2.36 bits per heavy atom. The zero-order chi connectivity index (χ0) is 19.5. The van der Waals surface area contributed by atoms with Gasteiger partial charge in [0.2, 0.25) is 0 Å². The zero-order valence-corrected chi connectivity index (χ0v) is 16.1. The van der Waals surface area contributed by atoms with E-state index in [9.17, 15) is 8.78 Å². The number of hydrogen-bond acceptors (Lipinski definition) is 3. The lowest BCUT2D eigenvalue weighted by Crippen LogP contribution is -2.00. The van der Waals surface area contributed by atoms with Gasteiger partial charge in [0.1, 0.15) is 0 Å². The van der Waals surface area contributed by atoms with Gasteiger partial charge in [-0.15, -0.1) is 10.2 Å². The predicted molar refractivity (Wildman–Crippen MR) is 108 cm³/mol. The molecule has 0 N–H and O–H groups in total. The lowest BCUT2D eigenvalue weighted by molar-refractivity contribution is 0.507. The van der Waals surface area contributed by atoms with Gasteiger partial charge in [0, 0.05) is 17.0 Å². The summed E-state index contributed by atoms with van der Waals surface area (Å²) in [5.41, 5.74) is 2.31. The van der Waals surface area contributed by atoms with E-state index in [0.717, 1.165) is 17.3 Å². The van der Waals surface area contributed by atoms with Gasteiger partial charge in [0.05, 0.1) is 5.02 Å². The molecule has 0 aliphatic carbocycles. The van der Waals surface area contributed by atoms with Gasteiger partial charge < -0.3 is 0 Å². The van der Waals surface area contributed by atoms with E-state index in [-0.39, 0.29) is 0 Å². The van der Waals surface area contributed by atoms with E-state index in [2.05, 4.69) is 10.2 Å². The van der Waals surface area contributed by atoms with Crippen LogP contribution in [0.5, 0.6) is 0 Å². The van der Waals surface area contributed by atoms with E-state index in [4.69, 9.17) is 11.6 Å². The van der Waals surface area contributed by atoms with Gasteiger partial charge in [0.25, 0.3) is 0 Å². The minimum atomic E-state index is -0.862. The van der Waals surface area contributed by atoms with Crippen molar-refractivity contribution >= 4 is 23.4 Å². The van der Waals surface area contributed by atoms with Gasteiger partial charge in [-0.2, -0.15) is 0 Å². The van der Waals surface area contributed by atoms with Crippen LogP contribution in [0, 0.1) is 11.6 Å². The fourth-order valence-corrected chi connectivity index (χ4v) is 3.88. The van der Waals surface area contributed by atoms with Crippen molar-refractivity contribution in [2.24, 2.45) is 0 Å². The molecule has 0 aliphatic rings. The molecule has 0 radical (unpaired) electrons. The van der Waals surface area contributed by atoms with Gasteiger partial charge in [-0.1, -0.05) is 59.8 Å². The quantitative estimate of drug-likeness (QED) is 0.367. The monoisotopic (exact) mass is 413 g/mol. The van der Waals surface area contributed by atoms with Crippen LogP contribution in [0.2, 0.25) is 5.02 Å². The van der Waals surface area contributed by atoms with Crippen molar-refractivity contribution < 1.29 is 8.78 Å². The van der Waals surface area contributed by atoms with Gasteiger partial charge in [-0.05, 0) is 42.0 Å². The third kappa shape index (κ3) is 3.79. The molecule has 0 bridgehead atoms. The molecule has 3 nitrogen and oxygen atoms in total. The smallest absolute Gasteiger partial charge is 0.196 e. The largest absolute Gasteiger partial charge is 0.270 e. The molecule has 0 spiro atoms. The number of para-hydroxylation sites is 1. The Kier molecular flexibility index (Phi) is 5.41. The van der Waals surface area contributed by atoms with Crippen molar-refractivity contribution in [3.63, 3.8) is 0 Å². The van der Waals surface area contributed by atoms with Crippen LogP contribution in [-0.2, 0) is 5.75 Å². The third-order valence-electron chi connectivity index (χ3n) is 4.11. The van der Waals surface area contributed by atoms with Crippen LogP contribution < -0.4 is 0 Å². The summed E-state index contributed by atoms with van der Waals surface area (Å²) in [5, 5.41) is 9.86. The first-order chi connectivity index (χ1) is 13.6. The van der Waals surface area contributed by atoms with E-state index in [1.165, 1.54) is 17.8 Å². The van der Waals surface area contributed by atoms with Crippen LogP contribution >= 0.6 is 23.4 Å². The molecule has 1 aromatic heterocycles. The summed E-state index contributed by atoms with van der Waals surface area (Å²) in [6, 6.07) is 21.0. The van der Waals surface area contributed by atoms with Crippen LogP contribution in [-0.4, -0.2) is 14.8 Å². The molecule has 3 aromatic carbocycles. The number of nitrogens with zero attached hydrogens (tertiary/aromatic N) is 3. The number of aromatic nitrogens is 3. The molecule has 0 amide bonds. The van der Waals surface area contributed by atoms with E-state index in [0.29, 0.717) is 27.3 Å². The Morgan fingerprint density at radius 2 is 1.61 bits per heavy atom. The Hall–Kier alpha value is -2.70. The van der Waals surface area contributed by atoms with Crippen LogP contribution in [0.15, 0.2) is 78.0 Å². The summed E-state index contributed by atoms with van der Waals surface area (Å²) in [6.45, 7) is 0. The van der Waals surface area contributed by atoms with E-state index >= 15 is 0 Å². The molecule has 0 unspecified atom stereocenters. The summed E-state index contributed by atoms with van der Waals surface area (Å²) < 4.78 is 28.6. The minimum absolute atomic E-state index is 0.421. The van der Waals surface area contributed by atoms with Gasteiger partial charge >= 0.3 is 0 Å². The SMILES string of the molecule is Fc1ccc(CSc2nnc(-c3ccccc3Cl)n2-c2ccccc2)cc1F. The standard InChI is InChI=1S/C21H14ClF2N3S/c22-17-9-5-4-8-16(17)20-25-26-21(27(20)15-6-2-1-3-7-15)28-13-14-10-11-18(23)19(24)12-14/h1-12H,13H2. The topological polar surface area (TPSA) is 30.7 Å². The van der Waals surface area contributed by atoms with E-state index < -0.39 is 11.6 Å². The van der Waals surface area contributed by atoms with Crippen molar-refractivity contribution in [3.8, 4) is 17.1 Å². The number of thioether (sulfide) groups is 1. The zero-order valence-electron chi connectivity index (χ0n) is 14.5. The van der Waals surface area contributed by atoms with Crippen molar-refractivity contribution in [1.82, 2.24) is 14.8 Å². The Morgan fingerprint density at radius 1 is 0.857 bits per heavy atom. The van der Waals surface area contributed by atoms with E-state index in [1.54, 1.807) is 12.1 Å². The maximum Gasteiger partial charge on any atom is 0.196 e. The average Bonchev–Trinajstić information content (AvgIpc) is 3.13. The molecule has 0 atom stereocenters. The van der Waals surface area contributed by atoms with E-state index in [1.807, 2.05) is 53.1 Å². The minimum Gasteiger partial charge on any atom is -0.270 e. The third-order valence-corrected chi connectivity index (χ3v) is 5.44. The Labute approximate surface area is 170 Å². The number of halogens is 3. The summed E-state index contributed by atoms with van der Waals surface area (Å²) in [6.07, 6.45) is 0. The molecular formula is C21H14ClF2N3S. The highest BCUT2D eigenvalue weighted by molar-refractivity contribution is 7.98. The van der Waals surface area contributed by atoms with Crippen molar-refractivity contribution in [2.45, 2.75) is 10.9 Å². The maximum atomic E-state index is 13.5. The molecule has 1 heterocycles. The first-order valence-electron chi connectivity index (χ1n) is 8.46. The molecule has 140 valence electrons. The molecule has 4 rings (SSSR count). The molecule has 0 saturated heterocycles. The normalized spacial score (nSPS) is 11.0. The molecule has 28 heavy (non-hydrogen) atoms. The Bertz CT molecular complexity index is 1120. The molecular weight excluding hydrogens is 400 g/mol. The van der Waals surface area contributed by atoms with Crippen molar-refractivity contribution in [2.75, 3.05) is 0 Å². The fourth-order valence-electron chi connectivity index (χ4n) is 2.77. The molecule has 4 aromatic rings. The second kappa shape index (κ2) is 8.12. The van der Waals surface area contributed by atoms with Gasteiger partial charge in [-0.3, -0.25) is 4.57 Å². The second-order valence-electron chi connectivity index (χ2n) is 5.99. The summed E-state index contributed by atoms with van der Waals surface area (Å²) in [4.78, 5) is 0. The van der Waals surface area contributed by atoms with Crippen LogP contribution in [0.3, 0.4) is 0 Å². The van der Waals surface area contributed by atoms with Gasteiger partial charge in [-0.25, -0.2) is 8.78 Å².